The predicted molar refractivity (Wildman–Crippen MR) is 64.6 cm³/mol. The minimum absolute atomic E-state index is 0.573. The molecule has 1 N–H and O–H groups in total. The van der Waals surface area contributed by atoms with Gasteiger partial charge in [-0.1, -0.05) is 6.07 Å². The van der Waals surface area contributed by atoms with E-state index in [1.54, 1.807) is 0 Å². The fourth-order valence-electron chi connectivity index (χ4n) is 1.94. The molecule has 2 heterocycles. The number of rotatable bonds is 2. The van der Waals surface area contributed by atoms with Crippen molar-refractivity contribution in [3.63, 3.8) is 0 Å². The lowest BCUT2D eigenvalue weighted by Gasteiger charge is -2.02. The average molecular weight is 230 g/mol. The van der Waals surface area contributed by atoms with Gasteiger partial charge in [0.25, 0.3) is 11.8 Å². The van der Waals surface area contributed by atoms with Gasteiger partial charge in [0, 0.05) is 32.7 Å². The van der Waals surface area contributed by atoms with Crippen molar-refractivity contribution in [2.75, 3.05) is 19.0 Å². The van der Waals surface area contributed by atoms with Crippen molar-refractivity contribution in [2.45, 2.75) is 13.1 Å². The Morgan fingerprint density at radius 1 is 1.24 bits per heavy atom. The van der Waals surface area contributed by atoms with Gasteiger partial charge in [-0.15, -0.1) is 0 Å². The third kappa shape index (κ3) is 1.78. The van der Waals surface area contributed by atoms with Crippen molar-refractivity contribution < 1.29 is 4.52 Å². The summed E-state index contributed by atoms with van der Waals surface area (Å²) in [4.78, 5) is 6.15. The van der Waals surface area contributed by atoms with Gasteiger partial charge in [0.15, 0.2) is 0 Å². The molecule has 1 aromatic carbocycles. The summed E-state index contributed by atoms with van der Waals surface area (Å²) >= 11 is 0. The van der Waals surface area contributed by atoms with Crippen molar-refractivity contribution >= 4 is 5.95 Å². The predicted octanol–water partition coefficient (Wildman–Crippen LogP) is 1.41. The van der Waals surface area contributed by atoms with Crippen LogP contribution in [0.15, 0.2) is 22.7 Å². The normalized spacial score (nSPS) is 13.8. The Balaban J connectivity index is 1.97. The van der Waals surface area contributed by atoms with Gasteiger partial charge in [-0.2, -0.15) is 4.98 Å². The molecular weight excluding hydrogens is 216 g/mol. The van der Waals surface area contributed by atoms with Crippen LogP contribution in [-0.2, 0) is 13.1 Å². The molecule has 3 rings (SSSR count). The molecule has 0 aliphatic carbocycles. The molecule has 1 aromatic heterocycles. The topological polar surface area (TPSA) is 54.2 Å². The van der Waals surface area contributed by atoms with E-state index in [9.17, 15) is 0 Å². The van der Waals surface area contributed by atoms with Crippen molar-refractivity contribution in [3.8, 4) is 11.5 Å². The lowest BCUT2D eigenvalue weighted by atomic mass is 10.1. The molecule has 5 nitrogen and oxygen atoms in total. The molecular formula is C12H14N4O. The molecule has 5 heteroatoms. The van der Waals surface area contributed by atoms with Gasteiger partial charge >= 0.3 is 0 Å². The summed E-state index contributed by atoms with van der Waals surface area (Å²) in [7, 11) is 3.78. The van der Waals surface area contributed by atoms with Crippen LogP contribution in [0, 0.1) is 0 Å². The Kier molecular flexibility index (Phi) is 2.33. The van der Waals surface area contributed by atoms with E-state index in [0.717, 1.165) is 18.7 Å². The number of benzene rings is 1. The second-order valence-corrected chi connectivity index (χ2v) is 4.38. The zero-order chi connectivity index (χ0) is 11.8. The Morgan fingerprint density at radius 2 is 2.06 bits per heavy atom. The number of anilines is 1. The van der Waals surface area contributed by atoms with E-state index in [-0.39, 0.29) is 0 Å². The van der Waals surface area contributed by atoms with Crippen LogP contribution >= 0.6 is 0 Å². The van der Waals surface area contributed by atoms with Crippen LogP contribution in [-0.4, -0.2) is 24.2 Å². The third-order valence-corrected chi connectivity index (χ3v) is 2.90. The van der Waals surface area contributed by atoms with Crippen molar-refractivity contribution in [1.29, 1.82) is 0 Å². The van der Waals surface area contributed by atoms with Crippen molar-refractivity contribution in [3.05, 3.63) is 29.3 Å². The second-order valence-electron chi connectivity index (χ2n) is 4.38. The Morgan fingerprint density at radius 3 is 2.82 bits per heavy atom. The summed E-state index contributed by atoms with van der Waals surface area (Å²) in [5, 5.41) is 7.22. The van der Waals surface area contributed by atoms with E-state index in [1.807, 2.05) is 25.1 Å². The maximum atomic E-state index is 5.25. The Hall–Kier alpha value is -1.88. The average Bonchev–Trinajstić information content (AvgIpc) is 2.97. The number of aromatic nitrogens is 2. The summed E-state index contributed by atoms with van der Waals surface area (Å²) in [6, 6.07) is 6.26. The van der Waals surface area contributed by atoms with E-state index < -0.39 is 0 Å². The first kappa shape index (κ1) is 10.3. The molecule has 0 atom stereocenters. The molecule has 0 fully saturated rings. The fraction of sp³-hybridized carbons (Fsp3) is 0.333. The standard InChI is InChI=1S/C12H14N4O/c1-16(2)12-14-11(17-15-12)8-3-4-9-6-13-7-10(9)5-8/h3-5,13H,6-7H2,1-2H3. The highest BCUT2D eigenvalue weighted by molar-refractivity contribution is 5.57. The minimum atomic E-state index is 0.573. The number of hydrogen-bond donors (Lipinski definition) is 1. The molecule has 0 unspecified atom stereocenters. The Labute approximate surface area is 99.4 Å². The monoisotopic (exact) mass is 230 g/mol. The largest absolute Gasteiger partial charge is 0.344 e. The van der Waals surface area contributed by atoms with Gasteiger partial charge in [-0.05, 0) is 28.4 Å². The van der Waals surface area contributed by atoms with Crippen LogP contribution < -0.4 is 10.2 Å². The van der Waals surface area contributed by atoms with Gasteiger partial charge < -0.3 is 14.7 Å². The first-order valence-electron chi connectivity index (χ1n) is 5.58. The van der Waals surface area contributed by atoms with E-state index in [4.69, 9.17) is 4.52 Å². The maximum absolute atomic E-state index is 5.25. The number of hydrogen-bond acceptors (Lipinski definition) is 5. The SMILES string of the molecule is CN(C)c1noc(-c2ccc3c(c2)CNC3)n1. The molecule has 2 aromatic rings. The highest BCUT2D eigenvalue weighted by Gasteiger charge is 2.14. The molecule has 0 saturated carbocycles. The number of nitrogens with zero attached hydrogens (tertiary/aromatic N) is 3. The van der Waals surface area contributed by atoms with E-state index in [2.05, 4.69) is 27.6 Å². The van der Waals surface area contributed by atoms with Gasteiger partial charge in [0.1, 0.15) is 0 Å². The summed E-state index contributed by atoms with van der Waals surface area (Å²) in [5.74, 6) is 1.17. The van der Waals surface area contributed by atoms with E-state index in [0.29, 0.717) is 11.8 Å². The minimum Gasteiger partial charge on any atom is -0.344 e. The molecule has 0 saturated heterocycles. The smallest absolute Gasteiger partial charge is 0.265 e. The third-order valence-electron chi connectivity index (χ3n) is 2.90. The van der Waals surface area contributed by atoms with Gasteiger partial charge in [0.05, 0.1) is 0 Å². The lowest BCUT2D eigenvalue weighted by molar-refractivity contribution is 0.431. The number of nitrogens with one attached hydrogen (secondary N) is 1. The first-order valence-corrected chi connectivity index (χ1v) is 5.58. The summed E-state index contributed by atoms with van der Waals surface area (Å²) < 4.78 is 5.25. The van der Waals surface area contributed by atoms with Gasteiger partial charge in [-0.25, -0.2) is 0 Å². The summed E-state index contributed by atoms with van der Waals surface area (Å²) in [6.45, 7) is 1.86. The quantitative estimate of drug-likeness (QED) is 0.845. The zero-order valence-corrected chi connectivity index (χ0v) is 9.90. The van der Waals surface area contributed by atoms with Crippen LogP contribution in [0.4, 0.5) is 5.95 Å². The number of fused-ring (bicyclic) bond motifs is 1. The molecule has 88 valence electrons. The first-order chi connectivity index (χ1) is 8.24. The highest BCUT2D eigenvalue weighted by atomic mass is 16.5. The maximum Gasteiger partial charge on any atom is 0.265 e. The molecule has 0 spiro atoms. The van der Waals surface area contributed by atoms with Crippen LogP contribution in [0.5, 0.6) is 0 Å². The molecule has 0 amide bonds. The van der Waals surface area contributed by atoms with Crippen LogP contribution in [0.25, 0.3) is 11.5 Å². The highest BCUT2D eigenvalue weighted by Crippen LogP contribution is 2.24. The van der Waals surface area contributed by atoms with Crippen molar-refractivity contribution in [2.24, 2.45) is 0 Å². The van der Waals surface area contributed by atoms with Gasteiger partial charge in [-0.3, -0.25) is 0 Å². The van der Waals surface area contributed by atoms with E-state index >= 15 is 0 Å². The molecule has 17 heavy (non-hydrogen) atoms. The zero-order valence-electron chi connectivity index (χ0n) is 9.90. The fourth-order valence-corrected chi connectivity index (χ4v) is 1.94. The summed E-state index contributed by atoms with van der Waals surface area (Å²) in [5.41, 5.74) is 3.64. The van der Waals surface area contributed by atoms with Crippen LogP contribution in [0.3, 0.4) is 0 Å². The molecule has 0 bridgehead atoms. The van der Waals surface area contributed by atoms with Crippen LogP contribution in [0.1, 0.15) is 11.1 Å². The van der Waals surface area contributed by atoms with E-state index in [1.165, 1.54) is 11.1 Å². The molecule has 1 aliphatic rings. The van der Waals surface area contributed by atoms with Crippen molar-refractivity contribution in [1.82, 2.24) is 15.5 Å². The molecule has 1 aliphatic heterocycles. The van der Waals surface area contributed by atoms with Crippen LogP contribution in [0.2, 0.25) is 0 Å². The lowest BCUT2D eigenvalue weighted by Crippen LogP contribution is -2.10. The Bertz CT molecular complexity index is 547. The molecule has 0 radical (unpaired) electrons. The van der Waals surface area contributed by atoms with Gasteiger partial charge in [0.2, 0.25) is 0 Å². The second kappa shape index (κ2) is 3.85. The summed E-state index contributed by atoms with van der Waals surface area (Å²) in [6.07, 6.45) is 0.